The van der Waals surface area contributed by atoms with Crippen LogP contribution in [-0.2, 0) is 9.53 Å². The van der Waals surface area contributed by atoms with Crippen LogP contribution in [0.3, 0.4) is 0 Å². The summed E-state index contributed by atoms with van der Waals surface area (Å²) in [7, 11) is 1.30. The molecular formula is C14H13ClN4O2. The number of benzene rings is 1. The maximum absolute atomic E-state index is 12.0. The fourth-order valence-electron chi connectivity index (χ4n) is 2.09. The predicted octanol–water partition coefficient (Wildman–Crippen LogP) is 1.86. The van der Waals surface area contributed by atoms with Crippen molar-refractivity contribution in [2.75, 3.05) is 7.11 Å². The van der Waals surface area contributed by atoms with Gasteiger partial charge in [0.05, 0.1) is 12.7 Å². The van der Waals surface area contributed by atoms with Crippen molar-refractivity contribution in [3.05, 3.63) is 46.1 Å². The number of rotatable bonds is 2. The fourth-order valence-corrected chi connectivity index (χ4v) is 2.33. The summed E-state index contributed by atoms with van der Waals surface area (Å²) in [6.07, 6.45) is 1.79. The van der Waals surface area contributed by atoms with Crippen molar-refractivity contribution < 1.29 is 9.53 Å². The molecule has 7 heteroatoms. The second-order valence-electron chi connectivity index (χ2n) is 4.29. The molecule has 0 saturated carbocycles. The summed E-state index contributed by atoms with van der Waals surface area (Å²) < 4.78 is 4.81. The molecular weight excluding hydrogens is 292 g/mol. The molecule has 0 aliphatic carbocycles. The SMILES string of the molecule is COC(=O)C1=C(C)NC(NC#N)=NC1c1ccccc1Cl. The van der Waals surface area contributed by atoms with Crippen LogP contribution in [-0.4, -0.2) is 19.0 Å². The Morgan fingerprint density at radius 1 is 1.52 bits per heavy atom. The smallest absolute Gasteiger partial charge is 0.338 e. The second kappa shape index (κ2) is 6.29. The Labute approximate surface area is 127 Å². The predicted molar refractivity (Wildman–Crippen MR) is 78.2 cm³/mol. The lowest BCUT2D eigenvalue weighted by atomic mass is 9.96. The number of carbonyl (C=O) groups excluding carboxylic acids is 1. The fraction of sp³-hybridized carbons (Fsp3) is 0.214. The summed E-state index contributed by atoms with van der Waals surface area (Å²) in [5.41, 5.74) is 1.58. The molecule has 1 aliphatic rings. The average molecular weight is 305 g/mol. The molecule has 1 aliphatic heterocycles. The van der Waals surface area contributed by atoms with Gasteiger partial charge in [-0.1, -0.05) is 29.8 Å². The third-order valence-corrected chi connectivity index (χ3v) is 3.37. The number of nitrogens with zero attached hydrogens (tertiary/aromatic N) is 2. The number of esters is 1. The summed E-state index contributed by atoms with van der Waals surface area (Å²) in [6.45, 7) is 1.71. The van der Waals surface area contributed by atoms with E-state index in [2.05, 4.69) is 15.6 Å². The third-order valence-electron chi connectivity index (χ3n) is 3.02. The first kappa shape index (κ1) is 14.9. The van der Waals surface area contributed by atoms with Gasteiger partial charge in [0.1, 0.15) is 6.04 Å². The Hall–Kier alpha value is -2.52. The first-order chi connectivity index (χ1) is 10.1. The number of nitriles is 1. The number of carbonyl (C=O) groups is 1. The van der Waals surface area contributed by atoms with Crippen LogP contribution in [0.25, 0.3) is 0 Å². The van der Waals surface area contributed by atoms with Crippen molar-refractivity contribution >= 4 is 23.5 Å². The topological polar surface area (TPSA) is 86.5 Å². The van der Waals surface area contributed by atoms with Crippen molar-refractivity contribution in [1.29, 1.82) is 5.26 Å². The van der Waals surface area contributed by atoms with Crippen LogP contribution < -0.4 is 10.6 Å². The Morgan fingerprint density at radius 3 is 2.86 bits per heavy atom. The molecule has 2 rings (SSSR count). The van der Waals surface area contributed by atoms with Gasteiger partial charge in [0.15, 0.2) is 6.19 Å². The molecule has 2 N–H and O–H groups in total. The van der Waals surface area contributed by atoms with Gasteiger partial charge in [0, 0.05) is 16.3 Å². The number of halogens is 1. The highest BCUT2D eigenvalue weighted by molar-refractivity contribution is 6.31. The highest BCUT2D eigenvalue weighted by Gasteiger charge is 2.31. The van der Waals surface area contributed by atoms with Crippen LogP contribution in [0.15, 0.2) is 40.5 Å². The number of methoxy groups -OCH3 is 1. The van der Waals surface area contributed by atoms with E-state index in [4.69, 9.17) is 21.6 Å². The minimum atomic E-state index is -0.636. The van der Waals surface area contributed by atoms with Gasteiger partial charge < -0.3 is 10.1 Å². The lowest BCUT2D eigenvalue weighted by Crippen LogP contribution is -2.39. The second-order valence-corrected chi connectivity index (χ2v) is 4.70. The van der Waals surface area contributed by atoms with E-state index in [1.807, 2.05) is 0 Å². The molecule has 6 nitrogen and oxygen atoms in total. The summed E-state index contributed by atoms with van der Waals surface area (Å²) in [6, 6.07) is 6.46. The highest BCUT2D eigenvalue weighted by atomic mass is 35.5. The quantitative estimate of drug-likeness (QED) is 0.495. The Balaban J connectivity index is 2.54. The van der Waals surface area contributed by atoms with Crippen molar-refractivity contribution in [3.63, 3.8) is 0 Å². The third kappa shape index (κ3) is 2.98. The minimum absolute atomic E-state index is 0.257. The zero-order chi connectivity index (χ0) is 15.4. The summed E-state index contributed by atoms with van der Waals surface area (Å²) >= 11 is 6.19. The molecule has 1 unspecified atom stereocenters. The van der Waals surface area contributed by atoms with Gasteiger partial charge in [-0.25, -0.2) is 9.79 Å². The zero-order valence-corrected chi connectivity index (χ0v) is 12.2. The van der Waals surface area contributed by atoms with Gasteiger partial charge in [-0.2, -0.15) is 5.26 Å². The van der Waals surface area contributed by atoms with E-state index in [-0.39, 0.29) is 5.96 Å². The van der Waals surface area contributed by atoms with Crippen molar-refractivity contribution in [2.24, 2.45) is 4.99 Å². The molecule has 1 aromatic rings. The molecule has 1 atom stereocenters. The van der Waals surface area contributed by atoms with Gasteiger partial charge in [-0.3, -0.25) is 5.32 Å². The van der Waals surface area contributed by atoms with Crippen LogP contribution in [0, 0.1) is 11.5 Å². The molecule has 0 bridgehead atoms. The molecule has 0 amide bonds. The van der Waals surface area contributed by atoms with Crippen LogP contribution in [0.5, 0.6) is 0 Å². The highest BCUT2D eigenvalue weighted by Crippen LogP contribution is 2.34. The van der Waals surface area contributed by atoms with Crippen molar-refractivity contribution in [2.45, 2.75) is 13.0 Å². The number of hydrogen-bond acceptors (Lipinski definition) is 6. The number of aliphatic imine (C=N–C) groups is 1. The zero-order valence-electron chi connectivity index (χ0n) is 11.5. The first-order valence-corrected chi connectivity index (χ1v) is 6.49. The lowest BCUT2D eigenvalue weighted by Gasteiger charge is -2.25. The maximum atomic E-state index is 12.0. The van der Waals surface area contributed by atoms with E-state index in [9.17, 15) is 4.79 Å². The molecule has 21 heavy (non-hydrogen) atoms. The van der Waals surface area contributed by atoms with Gasteiger partial charge in [-0.15, -0.1) is 0 Å². The van der Waals surface area contributed by atoms with Crippen LogP contribution in [0.2, 0.25) is 5.02 Å². The monoisotopic (exact) mass is 304 g/mol. The van der Waals surface area contributed by atoms with Gasteiger partial charge in [-0.05, 0) is 13.0 Å². The summed E-state index contributed by atoms with van der Waals surface area (Å²) in [5.74, 6) is -0.239. The number of guanidine groups is 1. The number of nitrogens with one attached hydrogen (secondary N) is 2. The van der Waals surface area contributed by atoms with Crippen LogP contribution in [0.1, 0.15) is 18.5 Å². The molecule has 0 saturated heterocycles. The van der Waals surface area contributed by atoms with Gasteiger partial charge in [0.2, 0.25) is 5.96 Å². The summed E-state index contributed by atoms with van der Waals surface area (Å²) in [5, 5.41) is 14.5. The first-order valence-electron chi connectivity index (χ1n) is 6.12. The van der Waals surface area contributed by atoms with E-state index in [1.54, 1.807) is 37.4 Å². The molecule has 0 fully saturated rings. The minimum Gasteiger partial charge on any atom is -0.466 e. The molecule has 1 aromatic carbocycles. The van der Waals surface area contributed by atoms with Crippen molar-refractivity contribution in [3.8, 4) is 6.19 Å². The van der Waals surface area contributed by atoms with Gasteiger partial charge >= 0.3 is 5.97 Å². The van der Waals surface area contributed by atoms with E-state index in [0.717, 1.165) is 0 Å². The number of hydrogen-bond donors (Lipinski definition) is 2. The van der Waals surface area contributed by atoms with Gasteiger partial charge in [0.25, 0.3) is 0 Å². The molecule has 0 spiro atoms. The van der Waals surface area contributed by atoms with Crippen molar-refractivity contribution in [1.82, 2.24) is 10.6 Å². The Kier molecular flexibility index (Phi) is 4.45. The Morgan fingerprint density at radius 2 is 2.24 bits per heavy atom. The molecule has 0 radical (unpaired) electrons. The van der Waals surface area contributed by atoms with E-state index >= 15 is 0 Å². The molecule has 0 aromatic heterocycles. The standard InChI is InChI=1S/C14H13ClN4O2/c1-8-11(13(20)21-2)12(19-14(18-8)17-7-16)9-5-3-4-6-10(9)15/h3-6,12H,1-2H3,(H2,17,18,19). The number of ether oxygens (including phenoxy) is 1. The van der Waals surface area contributed by atoms with Crippen LogP contribution in [0.4, 0.5) is 0 Å². The molecule has 108 valence electrons. The van der Waals surface area contributed by atoms with E-state index in [0.29, 0.717) is 21.9 Å². The molecule has 1 heterocycles. The lowest BCUT2D eigenvalue weighted by molar-refractivity contribution is -0.136. The van der Waals surface area contributed by atoms with E-state index in [1.165, 1.54) is 7.11 Å². The Bertz CT molecular complexity index is 676. The average Bonchev–Trinajstić information content (AvgIpc) is 2.47. The maximum Gasteiger partial charge on any atom is 0.338 e. The summed E-state index contributed by atoms with van der Waals surface area (Å²) in [4.78, 5) is 16.4. The van der Waals surface area contributed by atoms with E-state index < -0.39 is 12.0 Å². The number of allylic oxidation sites excluding steroid dienone is 1. The normalized spacial score (nSPS) is 17.4. The largest absolute Gasteiger partial charge is 0.466 e. The van der Waals surface area contributed by atoms with Crippen LogP contribution >= 0.6 is 11.6 Å².